The minimum absolute atomic E-state index is 0.0296. The van der Waals surface area contributed by atoms with Crippen molar-refractivity contribution in [1.82, 2.24) is 4.90 Å². The maximum absolute atomic E-state index is 13.3. The number of carbonyl (C=O) groups is 7. The number of amides is 1. The monoisotopic (exact) mass is 1030 g/mol. The lowest BCUT2D eigenvalue weighted by Gasteiger charge is -2.27. The largest absolute Gasteiger partial charge is 0.465 e. The van der Waals surface area contributed by atoms with Gasteiger partial charge in [-0.3, -0.25) is 28.8 Å². The molecule has 0 bridgehead atoms. The van der Waals surface area contributed by atoms with Crippen molar-refractivity contribution in [3.63, 3.8) is 0 Å². The standard InChI is InChI=1S/C57H103NO14/c1-8-12-16-20-24-28-34-50(59)66-42-48(43-67-51(60)35-29-25-21-17-13-9-2)46-70-54(63)38-32-40-58(56(65)72-57(5,6)7)41-33-39-55(64)71-47-49(44-68-52(61)36-30-26-22-18-14-10-3)45-69-53(62)37-31-27-23-19-15-11-4/h48-49H,8-47H2,1-7H3. The Kier molecular flexibility index (Phi) is 44.3. The lowest BCUT2D eigenvalue weighted by molar-refractivity contribution is -0.156. The molecule has 0 N–H and O–H groups in total. The van der Waals surface area contributed by atoms with Gasteiger partial charge in [-0.1, -0.05) is 156 Å². The molecule has 0 spiro atoms. The van der Waals surface area contributed by atoms with E-state index in [-0.39, 0.29) is 102 Å². The zero-order valence-electron chi connectivity index (χ0n) is 46.6. The molecule has 0 aromatic carbocycles. The van der Waals surface area contributed by atoms with Crippen LogP contribution in [0.1, 0.15) is 254 Å². The number of nitrogens with zero attached hydrogens (tertiary/aromatic N) is 1. The van der Waals surface area contributed by atoms with Gasteiger partial charge in [-0.25, -0.2) is 4.79 Å². The van der Waals surface area contributed by atoms with Crippen LogP contribution in [0.3, 0.4) is 0 Å². The summed E-state index contributed by atoms with van der Waals surface area (Å²) < 4.78 is 38.9. The van der Waals surface area contributed by atoms with Crippen LogP contribution < -0.4 is 0 Å². The molecule has 0 atom stereocenters. The second-order valence-corrected chi connectivity index (χ2v) is 20.6. The summed E-state index contributed by atoms with van der Waals surface area (Å²) >= 11 is 0. The van der Waals surface area contributed by atoms with E-state index in [1.54, 1.807) is 20.8 Å². The highest BCUT2D eigenvalue weighted by Crippen LogP contribution is 2.16. The third kappa shape index (κ3) is 44.8. The van der Waals surface area contributed by atoms with E-state index in [2.05, 4.69) is 27.7 Å². The Bertz CT molecular complexity index is 1260. The Morgan fingerprint density at radius 3 is 0.750 bits per heavy atom. The van der Waals surface area contributed by atoms with E-state index in [1.165, 1.54) is 30.6 Å². The average Bonchev–Trinajstić information content (AvgIpc) is 3.34. The molecule has 0 aliphatic heterocycles. The normalized spacial score (nSPS) is 11.3. The first-order valence-electron chi connectivity index (χ1n) is 28.5. The molecule has 0 saturated heterocycles. The molecule has 0 radical (unpaired) electrons. The van der Waals surface area contributed by atoms with Gasteiger partial charge in [0.25, 0.3) is 0 Å². The van der Waals surface area contributed by atoms with E-state index in [9.17, 15) is 33.6 Å². The first kappa shape index (κ1) is 68.1. The Hall–Kier alpha value is -3.91. The van der Waals surface area contributed by atoms with Crippen molar-refractivity contribution < 1.29 is 66.7 Å². The summed E-state index contributed by atoms with van der Waals surface area (Å²) in [6, 6.07) is 0. The average molecular weight is 1030 g/mol. The van der Waals surface area contributed by atoms with Crippen LogP contribution in [0.5, 0.6) is 0 Å². The quantitative estimate of drug-likeness (QED) is 0.0318. The second kappa shape index (κ2) is 46.8. The molecule has 72 heavy (non-hydrogen) atoms. The Morgan fingerprint density at radius 1 is 0.319 bits per heavy atom. The zero-order valence-corrected chi connectivity index (χ0v) is 46.6. The molecule has 0 aromatic heterocycles. The fraction of sp³-hybridized carbons (Fsp3) is 0.877. The topological polar surface area (TPSA) is 187 Å². The van der Waals surface area contributed by atoms with Crippen molar-refractivity contribution in [2.45, 2.75) is 260 Å². The van der Waals surface area contributed by atoms with Crippen LogP contribution in [0.25, 0.3) is 0 Å². The van der Waals surface area contributed by atoms with Gasteiger partial charge < -0.3 is 38.1 Å². The molecule has 420 valence electrons. The van der Waals surface area contributed by atoms with E-state index < -0.39 is 35.5 Å². The van der Waals surface area contributed by atoms with E-state index in [1.807, 2.05) is 0 Å². The summed E-state index contributed by atoms with van der Waals surface area (Å²) in [7, 11) is 0. The van der Waals surface area contributed by atoms with Gasteiger partial charge in [0.2, 0.25) is 0 Å². The van der Waals surface area contributed by atoms with Gasteiger partial charge in [-0.05, 0) is 59.3 Å². The minimum Gasteiger partial charge on any atom is -0.465 e. The summed E-state index contributed by atoms with van der Waals surface area (Å²) in [5.74, 6) is -3.50. The Labute approximate surface area is 436 Å². The van der Waals surface area contributed by atoms with Gasteiger partial charge in [0, 0.05) is 51.6 Å². The summed E-state index contributed by atoms with van der Waals surface area (Å²) in [5, 5.41) is 0. The fourth-order valence-corrected chi connectivity index (χ4v) is 7.63. The third-order valence-corrected chi connectivity index (χ3v) is 12.1. The van der Waals surface area contributed by atoms with E-state index in [0.29, 0.717) is 25.7 Å². The minimum atomic E-state index is -0.788. The summed E-state index contributed by atoms with van der Waals surface area (Å²) in [5.41, 5.74) is -0.788. The molecule has 15 heteroatoms. The van der Waals surface area contributed by atoms with Crippen molar-refractivity contribution >= 4 is 41.9 Å². The van der Waals surface area contributed by atoms with Gasteiger partial charge >= 0.3 is 41.9 Å². The maximum Gasteiger partial charge on any atom is 0.410 e. The molecule has 0 aliphatic rings. The van der Waals surface area contributed by atoms with Gasteiger partial charge in [-0.2, -0.15) is 0 Å². The number of hydrogen-bond donors (Lipinski definition) is 0. The highest BCUT2D eigenvalue weighted by molar-refractivity contribution is 5.72. The Balaban J connectivity index is 5.33. The van der Waals surface area contributed by atoms with Crippen molar-refractivity contribution in [2.75, 3.05) is 52.7 Å². The van der Waals surface area contributed by atoms with E-state index >= 15 is 0 Å². The number of unbranched alkanes of at least 4 members (excludes halogenated alkanes) is 20. The molecule has 1 amide bonds. The molecular formula is C57H103NO14. The number of esters is 6. The first-order chi connectivity index (χ1) is 34.6. The van der Waals surface area contributed by atoms with E-state index in [0.717, 1.165) is 128 Å². The fourth-order valence-electron chi connectivity index (χ4n) is 7.63. The van der Waals surface area contributed by atoms with Crippen LogP contribution in [0.4, 0.5) is 4.79 Å². The van der Waals surface area contributed by atoms with Gasteiger partial charge in [-0.15, -0.1) is 0 Å². The zero-order chi connectivity index (χ0) is 53.5. The van der Waals surface area contributed by atoms with Crippen molar-refractivity contribution in [3.8, 4) is 0 Å². The Morgan fingerprint density at radius 2 is 0.528 bits per heavy atom. The smallest absolute Gasteiger partial charge is 0.410 e. The van der Waals surface area contributed by atoms with Crippen LogP contribution in [0.2, 0.25) is 0 Å². The van der Waals surface area contributed by atoms with Gasteiger partial charge in [0.1, 0.15) is 45.2 Å². The molecule has 0 fully saturated rings. The van der Waals surface area contributed by atoms with Gasteiger partial charge in [0.05, 0.1) is 11.8 Å². The molecule has 0 aromatic rings. The van der Waals surface area contributed by atoms with Gasteiger partial charge in [0.15, 0.2) is 0 Å². The molecular weight excluding hydrogens is 923 g/mol. The highest BCUT2D eigenvalue weighted by Gasteiger charge is 2.24. The third-order valence-electron chi connectivity index (χ3n) is 12.1. The molecule has 0 saturated carbocycles. The predicted octanol–water partition coefficient (Wildman–Crippen LogP) is 13.3. The van der Waals surface area contributed by atoms with Crippen LogP contribution in [0, 0.1) is 11.8 Å². The summed E-state index contributed by atoms with van der Waals surface area (Å²) in [6.45, 7) is 13.7. The van der Waals surface area contributed by atoms with Crippen LogP contribution in [-0.2, 0) is 61.9 Å². The molecule has 0 rings (SSSR count). The number of hydrogen-bond acceptors (Lipinski definition) is 14. The molecule has 15 nitrogen and oxygen atoms in total. The number of rotatable bonds is 48. The van der Waals surface area contributed by atoms with Crippen LogP contribution >= 0.6 is 0 Å². The summed E-state index contributed by atoms with van der Waals surface area (Å²) in [4.78, 5) is 90.8. The van der Waals surface area contributed by atoms with Crippen molar-refractivity contribution in [3.05, 3.63) is 0 Å². The molecule has 0 aliphatic carbocycles. The lowest BCUT2D eigenvalue weighted by atomic mass is 10.1. The SMILES string of the molecule is CCCCCCCCC(=O)OCC(COC(=O)CCCCCCCC)COC(=O)CCCN(CCCC(=O)OCC(COC(=O)CCCCCCCC)COC(=O)CCCCCCCC)C(=O)OC(C)(C)C. The molecule has 0 heterocycles. The number of carbonyl (C=O) groups excluding carboxylic acids is 7. The van der Waals surface area contributed by atoms with Crippen LogP contribution in [0.15, 0.2) is 0 Å². The number of ether oxygens (including phenoxy) is 7. The second-order valence-electron chi connectivity index (χ2n) is 20.6. The lowest BCUT2D eigenvalue weighted by Crippen LogP contribution is -2.38. The van der Waals surface area contributed by atoms with Crippen molar-refractivity contribution in [1.29, 1.82) is 0 Å². The first-order valence-corrected chi connectivity index (χ1v) is 28.5. The van der Waals surface area contributed by atoms with E-state index in [4.69, 9.17) is 33.2 Å². The van der Waals surface area contributed by atoms with Crippen LogP contribution in [-0.4, -0.2) is 105 Å². The maximum atomic E-state index is 13.3. The van der Waals surface area contributed by atoms with Crippen molar-refractivity contribution in [2.24, 2.45) is 11.8 Å². The predicted molar refractivity (Wildman–Crippen MR) is 281 cm³/mol. The molecule has 0 unspecified atom stereocenters. The summed E-state index contributed by atoms with van der Waals surface area (Å²) in [6.07, 6.45) is 25.9. The highest BCUT2D eigenvalue weighted by atomic mass is 16.6.